The van der Waals surface area contributed by atoms with Gasteiger partial charge in [0.1, 0.15) is 5.75 Å². The molecule has 0 radical (unpaired) electrons. The van der Waals surface area contributed by atoms with Crippen molar-refractivity contribution in [1.82, 2.24) is 10.2 Å². The molecule has 1 aromatic rings. The lowest BCUT2D eigenvalue weighted by Crippen LogP contribution is -2.42. The van der Waals surface area contributed by atoms with Crippen molar-refractivity contribution in [3.05, 3.63) is 29.8 Å². The van der Waals surface area contributed by atoms with E-state index in [0.717, 1.165) is 30.8 Å². The number of likely N-dealkylation sites (tertiary alicyclic amines) is 1. The van der Waals surface area contributed by atoms with Gasteiger partial charge in [-0.25, -0.2) is 0 Å². The molecule has 4 nitrogen and oxygen atoms in total. The summed E-state index contributed by atoms with van der Waals surface area (Å²) in [6.07, 6.45) is 1.22. The number of nitrogens with one attached hydrogen (secondary N) is 1. The normalized spacial score (nSPS) is 28.0. The molecule has 21 heavy (non-hydrogen) atoms. The monoisotopic (exact) mass is 288 g/mol. The van der Waals surface area contributed by atoms with E-state index < -0.39 is 0 Å². The molecule has 0 aromatic heterocycles. The van der Waals surface area contributed by atoms with Crippen molar-refractivity contribution in [2.45, 2.75) is 45.4 Å². The van der Waals surface area contributed by atoms with Crippen molar-refractivity contribution in [3.63, 3.8) is 0 Å². The van der Waals surface area contributed by atoms with Crippen LogP contribution in [0.4, 0.5) is 0 Å². The number of benzene rings is 1. The molecule has 1 N–H and O–H groups in total. The minimum absolute atomic E-state index is 0.115. The number of fused-ring (bicyclic) bond motifs is 1. The van der Waals surface area contributed by atoms with Gasteiger partial charge in [0.05, 0.1) is 6.10 Å². The fourth-order valence-corrected chi connectivity index (χ4v) is 3.64. The predicted octanol–water partition coefficient (Wildman–Crippen LogP) is 2.30. The van der Waals surface area contributed by atoms with Crippen LogP contribution in [0.2, 0.25) is 0 Å². The van der Waals surface area contributed by atoms with E-state index in [9.17, 15) is 4.79 Å². The molecule has 3 atom stereocenters. The van der Waals surface area contributed by atoms with Crippen molar-refractivity contribution >= 4 is 5.91 Å². The van der Waals surface area contributed by atoms with Gasteiger partial charge in [-0.15, -0.1) is 0 Å². The van der Waals surface area contributed by atoms with Crippen LogP contribution in [-0.2, 0) is 0 Å². The maximum Gasteiger partial charge on any atom is 0.254 e. The molecule has 2 saturated heterocycles. The molecular formula is C17H24N2O2. The van der Waals surface area contributed by atoms with E-state index in [-0.39, 0.29) is 12.0 Å². The maximum atomic E-state index is 12.9. The molecule has 0 bridgehead atoms. The van der Waals surface area contributed by atoms with Gasteiger partial charge in [-0.3, -0.25) is 4.79 Å². The Labute approximate surface area is 126 Å². The lowest BCUT2D eigenvalue weighted by molar-refractivity contribution is 0.0681. The molecule has 114 valence electrons. The number of nitrogens with zero attached hydrogens (tertiary/aromatic N) is 1. The lowest BCUT2D eigenvalue weighted by Gasteiger charge is -2.28. The molecular weight excluding hydrogens is 264 g/mol. The SMILES string of the molecule is CC(C)Oc1cccc(C(=O)N2C(C)CC3CNCC32)c1. The molecule has 2 fully saturated rings. The average molecular weight is 288 g/mol. The summed E-state index contributed by atoms with van der Waals surface area (Å²) in [6, 6.07) is 8.23. The van der Waals surface area contributed by atoms with Gasteiger partial charge in [-0.05, 0) is 51.3 Å². The van der Waals surface area contributed by atoms with Crippen molar-refractivity contribution < 1.29 is 9.53 Å². The van der Waals surface area contributed by atoms with Crippen LogP contribution in [0, 0.1) is 5.92 Å². The van der Waals surface area contributed by atoms with Gasteiger partial charge in [0.15, 0.2) is 0 Å². The lowest BCUT2D eigenvalue weighted by atomic mass is 10.0. The second-order valence-electron chi connectivity index (χ2n) is 6.48. The molecule has 3 rings (SSSR count). The Morgan fingerprint density at radius 3 is 2.95 bits per heavy atom. The van der Waals surface area contributed by atoms with Gasteiger partial charge in [0.2, 0.25) is 0 Å². The smallest absolute Gasteiger partial charge is 0.254 e. The van der Waals surface area contributed by atoms with E-state index in [0.29, 0.717) is 18.0 Å². The van der Waals surface area contributed by atoms with E-state index in [2.05, 4.69) is 17.1 Å². The van der Waals surface area contributed by atoms with Gasteiger partial charge in [-0.1, -0.05) is 6.07 Å². The first-order valence-electron chi connectivity index (χ1n) is 7.86. The van der Waals surface area contributed by atoms with E-state index in [1.54, 1.807) is 0 Å². The van der Waals surface area contributed by atoms with Crippen molar-refractivity contribution in [2.75, 3.05) is 13.1 Å². The average Bonchev–Trinajstić information content (AvgIpc) is 2.97. The third kappa shape index (κ3) is 2.77. The van der Waals surface area contributed by atoms with E-state index in [4.69, 9.17) is 4.74 Å². The third-order valence-electron chi connectivity index (χ3n) is 4.47. The summed E-state index contributed by atoms with van der Waals surface area (Å²) in [4.78, 5) is 14.9. The van der Waals surface area contributed by atoms with Gasteiger partial charge in [0, 0.05) is 30.7 Å². The van der Waals surface area contributed by atoms with Gasteiger partial charge in [-0.2, -0.15) is 0 Å². The highest BCUT2D eigenvalue weighted by molar-refractivity contribution is 5.95. The van der Waals surface area contributed by atoms with Crippen LogP contribution in [0.5, 0.6) is 5.75 Å². The Kier molecular flexibility index (Phi) is 3.89. The van der Waals surface area contributed by atoms with Gasteiger partial charge >= 0.3 is 0 Å². The second kappa shape index (κ2) is 5.68. The van der Waals surface area contributed by atoms with Crippen molar-refractivity contribution in [1.29, 1.82) is 0 Å². The molecule has 1 amide bonds. The Balaban J connectivity index is 1.81. The summed E-state index contributed by atoms with van der Waals surface area (Å²) < 4.78 is 5.70. The van der Waals surface area contributed by atoms with Crippen LogP contribution in [0.15, 0.2) is 24.3 Å². The summed E-state index contributed by atoms with van der Waals surface area (Å²) in [6.45, 7) is 8.10. The predicted molar refractivity (Wildman–Crippen MR) is 82.6 cm³/mol. The summed E-state index contributed by atoms with van der Waals surface area (Å²) in [7, 11) is 0. The first-order valence-corrected chi connectivity index (χ1v) is 7.86. The zero-order valence-electron chi connectivity index (χ0n) is 13.0. The zero-order valence-corrected chi connectivity index (χ0v) is 13.0. The van der Waals surface area contributed by atoms with Crippen LogP contribution >= 0.6 is 0 Å². The zero-order chi connectivity index (χ0) is 15.0. The minimum atomic E-state index is 0.115. The van der Waals surface area contributed by atoms with E-state index >= 15 is 0 Å². The van der Waals surface area contributed by atoms with E-state index in [1.165, 1.54) is 0 Å². The quantitative estimate of drug-likeness (QED) is 0.928. The highest BCUT2D eigenvalue weighted by atomic mass is 16.5. The number of carbonyl (C=O) groups is 1. The highest BCUT2D eigenvalue weighted by Crippen LogP contribution is 2.33. The molecule has 1 aromatic carbocycles. The Morgan fingerprint density at radius 1 is 1.38 bits per heavy atom. The summed E-state index contributed by atoms with van der Waals surface area (Å²) >= 11 is 0. The third-order valence-corrected chi connectivity index (χ3v) is 4.47. The first kappa shape index (κ1) is 14.4. The van der Waals surface area contributed by atoms with Crippen LogP contribution < -0.4 is 10.1 Å². The number of carbonyl (C=O) groups excluding carboxylic acids is 1. The Bertz CT molecular complexity index is 529. The summed E-state index contributed by atoms with van der Waals surface area (Å²) in [5.74, 6) is 1.51. The minimum Gasteiger partial charge on any atom is -0.491 e. The molecule has 2 heterocycles. The highest BCUT2D eigenvalue weighted by Gasteiger charge is 2.44. The van der Waals surface area contributed by atoms with Gasteiger partial charge < -0.3 is 15.0 Å². The van der Waals surface area contributed by atoms with Crippen LogP contribution in [0.1, 0.15) is 37.6 Å². The number of hydrogen-bond acceptors (Lipinski definition) is 3. The van der Waals surface area contributed by atoms with E-state index in [1.807, 2.05) is 38.1 Å². The molecule has 0 saturated carbocycles. The van der Waals surface area contributed by atoms with Crippen LogP contribution in [0.3, 0.4) is 0 Å². The number of amides is 1. The van der Waals surface area contributed by atoms with Crippen LogP contribution in [0.25, 0.3) is 0 Å². The molecule has 0 aliphatic carbocycles. The molecule has 0 spiro atoms. The molecule has 3 unspecified atom stereocenters. The number of ether oxygens (including phenoxy) is 1. The molecule has 2 aliphatic rings. The first-order chi connectivity index (χ1) is 10.1. The van der Waals surface area contributed by atoms with Gasteiger partial charge in [0.25, 0.3) is 5.91 Å². The largest absolute Gasteiger partial charge is 0.491 e. The standard InChI is InChI=1S/C17H24N2O2/c1-11(2)21-15-6-4-5-13(8-15)17(20)19-12(3)7-14-9-18-10-16(14)19/h4-6,8,11-12,14,16,18H,7,9-10H2,1-3H3. The molecule has 4 heteroatoms. The Hall–Kier alpha value is -1.55. The fourth-order valence-electron chi connectivity index (χ4n) is 3.64. The fraction of sp³-hybridized carbons (Fsp3) is 0.588. The summed E-state index contributed by atoms with van der Waals surface area (Å²) in [5, 5.41) is 3.40. The number of rotatable bonds is 3. The number of hydrogen-bond donors (Lipinski definition) is 1. The summed E-state index contributed by atoms with van der Waals surface area (Å²) in [5.41, 5.74) is 0.729. The second-order valence-corrected chi connectivity index (χ2v) is 6.48. The van der Waals surface area contributed by atoms with Crippen LogP contribution in [-0.4, -0.2) is 42.1 Å². The van der Waals surface area contributed by atoms with Crippen molar-refractivity contribution in [2.24, 2.45) is 5.92 Å². The Morgan fingerprint density at radius 2 is 2.19 bits per heavy atom. The maximum absolute atomic E-state index is 12.9. The molecule has 2 aliphatic heterocycles. The topological polar surface area (TPSA) is 41.6 Å². The van der Waals surface area contributed by atoms with Crippen molar-refractivity contribution in [3.8, 4) is 5.75 Å².